The summed E-state index contributed by atoms with van der Waals surface area (Å²) in [5, 5.41) is 0. The molecule has 0 spiro atoms. The Bertz CT molecular complexity index is 732. The molecule has 0 N–H and O–H groups in total. The molecule has 0 bridgehead atoms. The molecule has 2 atom stereocenters. The SMILES string of the molecule is CSCCC1(Cc2ccccc2)N=CN(C(C)c2ccccc2)C1=O. The zero-order valence-corrected chi connectivity index (χ0v) is 15.6. The van der Waals surface area contributed by atoms with Crippen molar-refractivity contribution in [3.8, 4) is 0 Å². The Kier molecular flexibility index (Phi) is 5.59. The molecule has 0 fully saturated rings. The minimum absolute atomic E-state index is 0.00984. The predicted molar refractivity (Wildman–Crippen MR) is 106 cm³/mol. The topological polar surface area (TPSA) is 32.7 Å². The van der Waals surface area contributed by atoms with Crippen molar-refractivity contribution < 1.29 is 4.79 Å². The van der Waals surface area contributed by atoms with Crippen molar-refractivity contribution in [1.29, 1.82) is 0 Å². The maximum Gasteiger partial charge on any atom is 0.256 e. The highest BCUT2D eigenvalue weighted by atomic mass is 32.2. The molecule has 2 aromatic carbocycles. The standard InChI is InChI=1S/C21H24N2OS/c1-17(19-11-7-4-8-12-19)23-16-22-21(20(23)24,13-14-25-2)15-18-9-5-3-6-10-18/h3-12,16-17H,13-15H2,1-2H3. The fourth-order valence-corrected chi connectivity index (χ4v) is 3.82. The number of rotatable bonds is 7. The molecule has 4 heteroatoms. The fourth-order valence-electron chi connectivity index (χ4n) is 3.27. The lowest BCUT2D eigenvalue weighted by atomic mass is 9.87. The lowest BCUT2D eigenvalue weighted by Gasteiger charge is -2.29. The predicted octanol–water partition coefficient (Wildman–Crippen LogP) is 4.35. The summed E-state index contributed by atoms with van der Waals surface area (Å²) in [4.78, 5) is 19.9. The van der Waals surface area contributed by atoms with Gasteiger partial charge in [-0.3, -0.25) is 14.7 Å². The number of aliphatic imine (C=N–C) groups is 1. The number of carbonyl (C=O) groups excluding carboxylic acids is 1. The van der Waals surface area contributed by atoms with Crippen molar-refractivity contribution in [2.24, 2.45) is 4.99 Å². The first-order valence-electron chi connectivity index (χ1n) is 8.62. The van der Waals surface area contributed by atoms with Gasteiger partial charge in [-0.1, -0.05) is 60.7 Å². The lowest BCUT2D eigenvalue weighted by Crippen LogP contribution is -2.44. The maximum atomic E-state index is 13.3. The highest BCUT2D eigenvalue weighted by Gasteiger charge is 2.45. The Morgan fingerprint density at radius 3 is 2.36 bits per heavy atom. The fraction of sp³-hybridized carbons (Fsp3) is 0.333. The average molecular weight is 353 g/mol. The molecular formula is C21H24N2OS. The number of carbonyl (C=O) groups is 1. The molecule has 3 rings (SSSR count). The average Bonchev–Trinajstić information content (AvgIpc) is 2.97. The Hall–Kier alpha value is -2.07. The van der Waals surface area contributed by atoms with E-state index in [1.54, 1.807) is 23.0 Å². The van der Waals surface area contributed by atoms with Crippen LogP contribution < -0.4 is 0 Å². The van der Waals surface area contributed by atoms with Crippen LogP contribution in [0.4, 0.5) is 0 Å². The molecule has 1 heterocycles. The van der Waals surface area contributed by atoms with Crippen LogP contribution in [0.15, 0.2) is 65.7 Å². The molecule has 3 nitrogen and oxygen atoms in total. The first-order chi connectivity index (χ1) is 12.2. The van der Waals surface area contributed by atoms with E-state index in [1.165, 1.54) is 0 Å². The van der Waals surface area contributed by atoms with E-state index >= 15 is 0 Å². The van der Waals surface area contributed by atoms with Crippen LogP contribution in [0.25, 0.3) is 0 Å². The molecule has 0 saturated carbocycles. The molecule has 25 heavy (non-hydrogen) atoms. The van der Waals surface area contributed by atoms with Crippen molar-refractivity contribution in [2.75, 3.05) is 12.0 Å². The van der Waals surface area contributed by atoms with Crippen LogP contribution in [0.2, 0.25) is 0 Å². The van der Waals surface area contributed by atoms with Gasteiger partial charge in [-0.2, -0.15) is 11.8 Å². The van der Waals surface area contributed by atoms with Gasteiger partial charge >= 0.3 is 0 Å². The molecule has 2 unspecified atom stereocenters. The minimum Gasteiger partial charge on any atom is -0.294 e. The third-order valence-electron chi connectivity index (χ3n) is 4.82. The number of hydrogen-bond donors (Lipinski definition) is 0. The van der Waals surface area contributed by atoms with Crippen molar-refractivity contribution in [3.05, 3.63) is 71.8 Å². The second-order valence-corrected chi connectivity index (χ2v) is 7.47. The van der Waals surface area contributed by atoms with E-state index in [4.69, 9.17) is 4.99 Å². The van der Waals surface area contributed by atoms with Crippen molar-refractivity contribution >= 4 is 24.0 Å². The smallest absolute Gasteiger partial charge is 0.256 e. The largest absolute Gasteiger partial charge is 0.294 e. The third kappa shape index (κ3) is 3.79. The Balaban J connectivity index is 1.85. The van der Waals surface area contributed by atoms with Crippen molar-refractivity contribution in [1.82, 2.24) is 4.90 Å². The van der Waals surface area contributed by atoms with E-state index in [0.29, 0.717) is 6.42 Å². The van der Waals surface area contributed by atoms with E-state index in [-0.39, 0.29) is 11.9 Å². The number of hydrogen-bond acceptors (Lipinski definition) is 3. The molecule has 2 aromatic rings. The minimum atomic E-state index is -0.673. The van der Waals surface area contributed by atoms with E-state index in [0.717, 1.165) is 23.3 Å². The van der Waals surface area contributed by atoms with Gasteiger partial charge in [0.05, 0.1) is 12.4 Å². The van der Waals surface area contributed by atoms with Gasteiger partial charge < -0.3 is 0 Å². The Labute approximate surface area is 154 Å². The summed E-state index contributed by atoms with van der Waals surface area (Å²) in [6, 6.07) is 20.3. The van der Waals surface area contributed by atoms with Crippen molar-refractivity contribution in [2.45, 2.75) is 31.3 Å². The Morgan fingerprint density at radius 2 is 1.72 bits per heavy atom. The highest BCUT2D eigenvalue weighted by Crippen LogP contribution is 2.33. The maximum absolute atomic E-state index is 13.3. The molecule has 0 radical (unpaired) electrons. The molecule has 0 saturated heterocycles. The quantitative estimate of drug-likeness (QED) is 0.742. The van der Waals surface area contributed by atoms with Crippen LogP contribution in [0.5, 0.6) is 0 Å². The van der Waals surface area contributed by atoms with Gasteiger partial charge in [-0.25, -0.2) is 0 Å². The molecule has 0 aromatic heterocycles. The van der Waals surface area contributed by atoms with Gasteiger partial charge in [-0.05, 0) is 36.5 Å². The summed E-state index contributed by atoms with van der Waals surface area (Å²) in [7, 11) is 0. The second-order valence-electron chi connectivity index (χ2n) is 6.48. The van der Waals surface area contributed by atoms with Gasteiger partial charge in [0, 0.05) is 6.42 Å². The molecule has 1 aliphatic rings. The summed E-state index contributed by atoms with van der Waals surface area (Å²) in [5.41, 5.74) is 1.61. The van der Waals surface area contributed by atoms with Crippen LogP contribution >= 0.6 is 11.8 Å². The van der Waals surface area contributed by atoms with Gasteiger partial charge in [0.25, 0.3) is 5.91 Å². The zero-order chi connectivity index (χ0) is 17.7. The zero-order valence-electron chi connectivity index (χ0n) is 14.8. The number of benzene rings is 2. The van der Waals surface area contributed by atoms with Crippen LogP contribution in [0, 0.1) is 0 Å². The summed E-state index contributed by atoms with van der Waals surface area (Å²) < 4.78 is 0. The van der Waals surface area contributed by atoms with Crippen LogP contribution in [0.1, 0.15) is 30.5 Å². The molecule has 130 valence electrons. The summed E-state index contributed by atoms with van der Waals surface area (Å²) in [5.74, 6) is 1.03. The number of nitrogens with zero attached hydrogens (tertiary/aromatic N) is 2. The summed E-state index contributed by atoms with van der Waals surface area (Å²) in [6.45, 7) is 2.06. The summed E-state index contributed by atoms with van der Waals surface area (Å²) >= 11 is 1.76. The first-order valence-corrected chi connectivity index (χ1v) is 10.0. The first kappa shape index (κ1) is 17.7. The van der Waals surface area contributed by atoms with Crippen LogP contribution in [-0.4, -0.2) is 34.7 Å². The molecule has 1 amide bonds. The van der Waals surface area contributed by atoms with E-state index < -0.39 is 5.54 Å². The van der Waals surface area contributed by atoms with Gasteiger partial charge in [0.15, 0.2) is 0 Å². The van der Waals surface area contributed by atoms with Crippen LogP contribution in [-0.2, 0) is 11.2 Å². The van der Waals surface area contributed by atoms with Gasteiger partial charge in [0.2, 0.25) is 0 Å². The lowest BCUT2D eigenvalue weighted by molar-refractivity contribution is -0.132. The highest BCUT2D eigenvalue weighted by molar-refractivity contribution is 7.98. The van der Waals surface area contributed by atoms with E-state index in [1.807, 2.05) is 36.4 Å². The molecular weight excluding hydrogens is 328 g/mol. The third-order valence-corrected chi connectivity index (χ3v) is 5.43. The molecule has 0 aliphatic carbocycles. The second kappa shape index (κ2) is 7.87. The normalized spacial score (nSPS) is 20.9. The van der Waals surface area contributed by atoms with Gasteiger partial charge in [-0.15, -0.1) is 0 Å². The van der Waals surface area contributed by atoms with E-state index in [2.05, 4.69) is 37.4 Å². The monoisotopic (exact) mass is 352 g/mol. The molecule has 1 aliphatic heterocycles. The number of thioether (sulfide) groups is 1. The number of amides is 1. The van der Waals surface area contributed by atoms with E-state index in [9.17, 15) is 4.79 Å². The van der Waals surface area contributed by atoms with Crippen molar-refractivity contribution in [3.63, 3.8) is 0 Å². The Morgan fingerprint density at radius 1 is 1.08 bits per heavy atom. The summed E-state index contributed by atoms with van der Waals surface area (Å²) in [6.07, 6.45) is 5.24. The van der Waals surface area contributed by atoms with Gasteiger partial charge in [0.1, 0.15) is 5.54 Å². The van der Waals surface area contributed by atoms with Crippen LogP contribution in [0.3, 0.4) is 0 Å².